The summed E-state index contributed by atoms with van der Waals surface area (Å²) in [6, 6.07) is 0. The zero-order valence-corrected chi connectivity index (χ0v) is 6.41. The Morgan fingerprint density at radius 3 is 2.18 bits per heavy atom. The van der Waals surface area contributed by atoms with Crippen molar-refractivity contribution in [1.29, 1.82) is 0 Å². The van der Waals surface area contributed by atoms with Gasteiger partial charge in [0.1, 0.15) is 0 Å². The van der Waals surface area contributed by atoms with Gasteiger partial charge in [-0.1, -0.05) is 11.6 Å². The minimum absolute atomic E-state index is 0.00403. The van der Waals surface area contributed by atoms with Crippen molar-refractivity contribution in [3.05, 3.63) is 0 Å². The fourth-order valence-electron chi connectivity index (χ4n) is 1.14. The standard InChI is InChI=1S/C6H8ClF3O/c7-5(8)2-1-3-6(9,10)4(5)11/h4,11H,1-3H2/t4-,5+/m1/s1. The van der Waals surface area contributed by atoms with Gasteiger partial charge in [0.15, 0.2) is 6.10 Å². The second-order valence-electron chi connectivity index (χ2n) is 2.78. The smallest absolute Gasteiger partial charge is 0.277 e. The summed E-state index contributed by atoms with van der Waals surface area (Å²) in [4.78, 5) is 0. The predicted molar refractivity (Wildman–Crippen MR) is 34.5 cm³/mol. The third-order valence-electron chi connectivity index (χ3n) is 1.82. The van der Waals surface area contributed by atoms with Crippen molar-refractivity contribution in [2.24, 2.45) is 0 Å². The van der Waals surface area contributed by atoms with Gasteiger partial charge in [-0.25, -0.2) is 13.2 Å². The molecule has 2 atom stereocenters. The molecule has 1 fully saturated rings. The summed E-state index contributed by atoms with van der Waals surface area (Å²) < 4.78 is 37.8. The molecular weight excluding hydrogens is 181 g/mol. The molecule has 0 aliphatic heterocycles. The molecule has 1 rings (SSSR count). The zero-order chi connectivity index (χ0) is 8.70. The maximum Gasteiger partial charge on any atom is 0.277 e. The van der Waals surface area contributed by atoms with Gasteiger partial charge in [0.2, 0.25) is 5.13 Å². The monoisotopic (exact) mass is 188 g/mol. The van der Waals surface area contributed by atoms with Gasteiger partial charge in [-0.05, 0) is 12.8 Å². The van der Waals surface area contributed by atoms with Crippen molar-refractivity contribution >= 4 is 11.6 Å². The van der Waals surface area contributed by atoms with Crippen LogP contribution >= 0.6 is 11.6 Å². The second kappa shape index (κ2) is 2.52. The summed E-state index contributed by atoms with van der Waals surface area (Å²) in [5, 5.41) is 6.06. The van der Waals surface area contributed by atoms with Crippen LogP contribution in [0.15, 0.2) is 0 Å². The van der Waals surface area contributed by atoms with Crippen LogP contribution in [0.25, 0.3) is 0 Å². The SMILES string of the molecule is O[C@H]1C(F)(F)CCC[C@@]1(F)Cl. The largest absolute Gasteiger partial charge is 0.382 e. The van der Waals surface area contributed by atoms with E-state index in [0.29, 0.717) is 0 Å². The third-order valence-corrected chi connectivity index (χ3v) is 2.22. The highest BCUT2D eigenvalue weighted by Crippen LogP contribution is 2.43. The number of hydrogen-bond acceptors (Lipinski definition) is 1. The second-order valence-corrected chi connectivity index (χ2v) is 3.41. The molecule has 1 aliphatic carbocycles. The molecule has 1 aliphatic rings. The van der Waals surface area contributed by atoms with E-state index in [9.17, 15) is 13.2 Å². The molecule has 0 radical (unpaired) electrons. The van der Waals surface area contributed by atoms with Crippen LogP contribution in [0.1, 0.15) is 19.3 Å². The Balaban J connectivity index is 2.76. The summed E-state index contributed by atoms with van der Waals surface area (Å²) in [7, 11) is 0. The predicted octanol–water partition coefficient (Wildman–Crippen LogP) is 2.07. The van der Waals surface area contributed by atoms with Crippen LogP contribution in [0, 0.1) is 0 Å². The first-order valence-corrected chi connectivity index (χ1v) is 3.68. The molecule has 0 bridgehead atoms. The zero-order valence-electron chi connectivity index (χ0n) is 5.66. The lowest BCUT2D eigenvalue weighted by Gasteiger charge is -2.35. The Kier molecular flexibility index (Phi) is 2.09. The van der Waals surface area contributed by atoms with E-state index in [1.807, 2.05) is 0 Å². The first kappa shape index (κ1) is 9.13. The number of aliphatic hydroxyl groups is 1. The summed E-state index contributed by atoms with van der Waals surface area (Å²) in [5.41, 5.74) is 0. The Morgan fingerprint density at radius 1 is 1.27 bits per heavy atom. The summed E-state index contributed by atoms with van der Waals surface area (Å²) in [6.45, 7) is 0. The summed E-state index contributed by atoms with van der Waals surface area (Å²) in [5.74, 6) is -3.38. The van der Waals surface area contributed by atoms with Crippen LogP contribution in [-0.4, -0.2) is 22.3 Å². The molecule has 0 saturated heterocycles. The highest BCUT2D eigenvalue weighted by Gasteiger charge is 2.54. The van der Waals surface area contributed by atoms with Gasteiger partial charge in [-0.15, -0.1) is 0 Å². The van der Waals surface area contributed by atoms with Crippen molar-refractivity contribution in [3.63, 3.8) is 0 Å². The van der Waals surface area contributed by atoms with Crippen LogP contribution in [0.4, 0.5) is 13.2 Å². The van der Waals surface area contributed by atoms with E-state index >= 15 is 0 Å². The quantitative estimate of drug-likeness (QED) is 0.577. The molecule has 0 spiro atoms. The molecule has 66 valence electrons. The van der Waals surface area contributed by atoms with Crippen molar-refractivity contribution in [1.82, 2.24) is 0 Å². The molecule has 1 saturated carbocycles. The average Bonchev–Trinajstić information content (AvgIpc) is 1.82. The first-order chi connectivity index (χ1) is 4.86. The molecule has 0 amide bonds. The average molecular weight is 189 g/mol. The van der Waals surface area contributed by atoms with Crippen LogP contribution in [0.5, 0.6) is 0 Å². The normalized spacial score (nSPS) is 43.9. The van der Waals surface area contributed by atoms with Gasteiger partial charge < -0.3 is 5.11 Å². The number of halogens is 4. The maximum atomic E-state index is 12.8. The van der Waals surface area contributed by atoms with Gasteiger partial charge in [0.25, 0.3) is 5.92 Å². The van der Waals surface area contributed by atoms with Crippen LogP contribution in [0.3, 0.4) is 0 Å². The Labute approximate surface area is 67.2 Å². The van der Waals surface area contributed by atoms with Gasteiger partial charge in [-0.2, -0.15) is 0 Å². The molecule has 0 aromatic carbocycles. The molecule has 0 unspecified atom stereocenters. The lowest BCUT2D eigenvalue weighted by atomic mass is 9.92. The van der Waals surface area contributed by atoms with E-state index in [1.165, 1.54) is 0 Å². The van der Waals surface area contributed by atoms with E-state index in [1.54, 1.807) is 0 Å². The Hall–Kier alpha value is 0.0400. The van der Waals surface area contributed by atoms with Crippen LogP contribution in [0.2, 0.25) is 0 Å². The summed E-state index contributed by atoms with van der Waals surface area (Å²) >= 11 is 5.01. The van der Waals surface area contributed by atoms with E-state index in [4.69, 9.17) is 16.7 Å². The van der Waals surface area contributed by atoms with Gasteiger partial charge in [0, 0.05) is 6.42 Å². The molecule has 0 aromatic heterocycles. The highest BCUT2D eigenvalue weighted by atomic mass is 35.5. The third kappa shape index (κ3) is 1.62. The van der Waals surface area contributed by atoms with Gasteiger partial charge >= 0.3 is 0 Å². The summed E-state index contributed by atoms with van der Waals surface area (Å²) in [6.07, 6.45) is -3.08. The van der Waals surface area contributed by atoms with Crippen molar-refractivity contribution in [2.75, 3.05) is 0 Å². The van der Waals surface area contributed by atoms with E-state index in [-0.39, 0.29) is 12.8 Å². The van der Waals surface area contributed by atoms with E-state index in [2.05, 4.69) is 0 Å². The van der Waals surface area contributed by atoms with Crippen molar-refractivity contribution in [3.8, 4) is 0 Å². The molecular formula is C6H8ClF3O. The number of alkyl halides is 4. The first-order valence-electron chi connectivity index (χ1n) is 3.30. The molecule has 5 heteroatoms. The van der Waals surface area contributed by atoms with Crippen molar-refractivity contribution in [2.45, 2.75) is 36.4 Å². The van der Waals surface area contributed by atoms with E-state index in [0.717, 1.165) is 0 Å². The minimum Gasteiger partial charge on any atom is -0.382 e. The molecule has 1 N–H and O–H groups in total. The topological polar surface area (TPSA) is 20.2 Å². The lowest BCUT2D eigenvalue weighted by Crippen LogP contribution is -2.49. The lowest BCUT2D eigenvalue weighted by molar-refractivity contribution is -0.170. The minimum atomic E-state index is -3.38. The van der Waals surface area contributed by atoms with Crippen molar-refractivity contribution < 1.29 is 18.3 Å². The Morgan fingerprint density at radius 2 is 1.82 bits per heavy atom. The Bertz CT molecular complexity index is 144. The number of rotatable bonds is 0. The fraction of sp³-hybridized carbons (Fsp3) is 1.00. The number of aliphatic hydroxyl groups excluding tert-OH is 1. The molecule has 11 heavy (non-hydrogen) atoms. The van der Waals surface area contributed by atoms with E-state index < -0.39 is 23.6 Å². The molecule has 0 aromatic rings. The fourth-order valence-corrected chi connectivity index (χ4v) is 1.44. The van der Waals surface area contributed by atoms with Crippen LogP contribution < -0.4 is 0 Å². The van der Waals surface area contributed by atoms with Crippen LogP contribution in [-0.2, 0) is 0 Å². The molecule has 0 heterocycles. The van der Waals surface area contributed by atoms with Gasteiger partial charge in [0.05, 0.1) is 0 Å². The number of hydrogen-bond donors (Lipinski definition) is 1. The van der Waals surface area contributed by atoms with Gasteiger partial charge in [-0.3, -0.25) is 0 Å². The highest BCUT2D eigenvalue weighted by molar-refractivity contribution is 6.23. The molecule has 1 nitrogen and oxygen atoms in total. The maximum absolute atomic E-state index is 12.8.